The number of alkyl halides is 3. The van der Waals surface area contributed by atoms with Crippen LogP contribution in [0.2, 0.25) is 0 Å². The highest BCUT2D eigenvalue weighted by molar-refractivity contribution is 5.28. The van der Waals surface area contributed by atoms with Gasteiger partial charge in [0.15, 0.2) is 5.75 Å². The Kier molecular flexibility index (Phi) is 5.33. The molecular weight excluding hydrogens is 323 g/mol. The Bertz CT molecular complexity index is 755. The second-order valence-electron chi connectivity index (χ2n) is 5.46. The molecule has 1 heterocycles. The van der Waals surface area contributed by atoms with Crippen LogP contribution in [-0.4, -0.2) is 16.6 Å². The van der Waals surface area contributed by atoms with Crippen molar-refractivity contribution in [2.75, 3.05) is 6.54 Å². The first-order chi connectivity index (χ1) is 11.2. The molecule has 4 nitrogen and oxygen atoms in total. The van der Waals surface area contributed by atoms with E-state index >= 15 is 0 Å². The second-order valence-corrected chi connectivity index (χ2v) is 5.46. The molecule has 0 saturated carbocycles. The second kappa shape index (κ2) is 7.09. The van der Waals surface area contributed by atoms with Crippen LogP contribution in [0.5, 0.6) is 5.75 Å². The van der Waals surface area contributed by atoms with Gasteiger partial charge in [0.25, 0.3) is 0 Å². The highest BCUT2D eigenvalue weighted by atomic mass is 19.4. The fourth-order valence-corrected chi connectivity index (χ4v) is 2.44. The van der Waals surface area contributed by atoms with Gasteiger partial charge in [-0.2, -0.15) is 13.2 Å². The van der Waals surface area contributed by atoms with Gasteiger partial charge in [-0.25, -0.2) is 0 Å². The third-order valence-corrected chi connectivity index (χ3v) is 3.88. The zero-order valence-corrected chi connectivity index (χ0v) is 13.3. The number of rotatable bonds is 5. The van der Waals surface area contributed by atoms with Crippen LogP contribution in [-0.2, 0) is 12.7 Å². The van der Waals surface area contributed by atoms with Gasteiger partial charge in [0.1, 0.15) is 12.0 Å². The minimum atomic E-state index is -4.39. The fourth-order valence-electron chi connectivity index (χ4n) is 2.44. The first-order valence-electron chi connectivity index (χ1n) is 7.44. The monoisotopic (exact) mass is 341 g/mol. The molecule has 1 aromatic heterocycles. The number of aromatic hydroxyl groups is 1. The molecule has 0 aliphatic carbocycles. The maximum atomic E-state index is 12.9. The predicted octanol–water partition coefficient (Wildman–Crippen LogP) is 3.95. The molecule has 0 saturated heterocycles. The molecule has 24 heavy (non-hydrogen) atoms. The van der Waals surface area contributed by atoms with Crippen LogP contribution >= 0.6 is 0 Å². The summed E-state index contributed by atoms with van der Waals surface area (Å²) < 4.78 is 43.7. The van der Waals surface area contributed by atoms with Gasteiger partial charge in [-0.3, -0.25) is 9.69 Å². The summed E-state index contributed by atoms with van der Waals surface area (Å²) in [6.07, 6.45) is -3.43. The van der Waals surface area contributed by atoms with Crippen LogP contribution in [0.4, 0.5) is 13.2 Å². The molecule has 0 bridgehead atoms. The van der Waals surface area contributed by atoms with Crippen molar-refractivity contribution in [3.05, 3.63) is 63.7 Å². The Morgan fingerprint density at radius 2 is 2.00 bits per heavy atom. The third kappa shape index (κ3) is 4.17. The SMILES string of the molecule is CCN(Cc1cc(=O)c(O)co1)C(C)c1cccc(C(F)(F)F)c1. The van der Waals surface area contributed by atoms with Crippen LogP contribution < -0.4 is 5.43 Å². The molecule has 0 aliphatic rings. The molecule has 1 N–H and O–H groups in total. The maximum Gasteiger partial charge on any atom is 0.416 e. The molecule has 0 radical (unpaired) electrons. The molecule has 1 unspecified atom stereocenters. The smallest absolute Gasteiger partial charge is 0.416 e. The van der Waals surface area contributed by atoms with Crippen molar-refractivity contribution in [3.8, 4) is 5.75 Å². The van der Waals surface area contributed by atoms with E-state index in [0.717, 1.165) is 18.4 Å². The maximum absolute atomic E-state index is 12.9. The molecule has 2 rings (SSSR count). The summed E-state index contributed by atoms with van der Waals surface area (Å²) >= 11 is 0. The number of benzene rings is 1. The predicted molar refractivity (Wildman–Crippen MR) is 82.6 cm³/mol. The fraction of sp³-hybridized carbons (Fsp3) is 0.353. The molecule has 130 valence electrons. The highest BCUT2D eigenvalue weighted by Gasteiger charge is 2.31. The van der Waals surface area contributed by atoms with E-state index in [0.29, 0.717) is 17.9 Å². The molecule has 0 fully saturated rings. The minimum absolute atomic E-state index is 0.240. The van der Waals surface area contributed by atoms with Gasteiger partial charge in [0.2, 0.25) is 5.43 Å². The van der Waals surface area contributed by atoms with Crippen LogP contribution in [0.1, 0.15) is 36.8 Å². The van der Waals surface area contributed by atoms with Crippen molar-refractivity contribution in [2.24, 2.45) is 0 Å². The van der Waals surface area contributed by atoms with Crippen LogP contribution in [0.15, 0.2) is 45.8 Å². The van der Waals surface area contributed by atoms with Crippen molar-refractivity contribution < 1.29 is 22.7 Å². The first kappa shape index (κ1) is 18.1. The van der Waals surface area contributed by atoms with Crippen molar-refractivity contribution >= 4 is 0 Å². The van der Waals surface area contributed by atoms with E-state index in [2.05, 4.69) is 0 Å². The zero-order valence-electron chi connectivity index (χ0n) is 13.3. The normalized spacial score (nSPS) is 13.2. The van der Waals surface area contributed by atoms with E-state index < -0.39 is 22.9 Å². The Labute approximate surface area is 137 Å². The standard InChI is InChI=1S/C17H18F3NO3/c1-3-21(9-14-8-15(22)16(23)10-24-14)11(2)12-5-4-6-13(7-12)17(18,19)20/h4-8,10-11,23H,3,9H2,1-2H3. The van der Waals surface area contributed by atoms with Crippen molar-refractivity contribution in [1.29, 1.82) is 0 Å². The minimum Gasteiger partial charge on any atom is -0.502 e. The summed E-state index contributed by atoms with van der Waals surface area (Å²) in [7, 11) is 0. The van der Waals surface area contributed by atoms with Gasteiger partial charge in [0.05, 0.1) is 12.1 Å². The summed E-state index contributed by atoms with van der Waals surface area (Å²) in [5.74, 6) is -0.147. The van der Waals surface area contributed by atoms with Crippen LogP contribution in [0.25, 0.3) is 0 Å². The largest absolute Gasteiger partial charge is 0.502 e. The van der Waals surface area contributed by atoms with Crippen molar-refractivity contribution in [3.63, 3.8) is 0 Å². The van der Waals surface area contributed by atoms with Crippen molar-refractivity contribution in [2.45, 2.75) is 32.6 Å². The molecule has 0 aliphatic heterocycles. The molecule has 0 amide bonds. The Hall–Kier alpha value is -2.28. The number of hydrogen-bond acceptors (Lipinski definition) is 4. The van der Waals surface area contributed by atoms with E-state index in [1.54, 1.807) is 13.0 Å². The molecule has 0 spiro atoms. The topological polar surface area (TPSA) is 53.7 Å². The van der Waals surface area contributed by atoms with E-state index in [9.17, 15) is 23.1 Å². The lowest BCUT2D eigenvalue weighted by atomic mass is 10.0. The van der Waals surface area contributed by atoms with E-state index in [4.69, 9.17) is 4.42 Å². The third-order valence-electron chi connectivity index (χ3n) is 3.88. The average Bonchev–Trinajstić information content (AvgIpc) is 2.54. The van der Waals surface area contributed by atoms with Gasteiger partial charge in [-0.15, -0.1) is 0 Å². The van der Waals surface area contributed by atoms with Gasteiger partial charge >= 0.3 is 6.18 Å². The quantitative estimate of drug-likeness (QED) is 0.895. The summed E-state index contributed by atoms with van der Waals surface area (Å²) in [6.45, 7) is 4.44. The molecule has 1 aromatic carbocycles. The summed E-state index contributed by atoms with van der Waals surface area (Å²) in [4.78, 5) is 13.3. The summed E-state index contributed by atoms with van der Waals surface area (Å²) in [5.41, 5.74) is -0.731. The van der Waals surface area contributed by atoms with E-state index in [-0.39, 0.29) is 12.6 Å². The lowest BCUT2D eigenvalue weighted by Gasteiger charge is -2.28. The van der Waals surface area contributed by atoms with Crippen LogP contribution in [0.3, 0.4) is 0 Å². The Morgan fingerprint density at radius 1 is 1.29 bits per heavy atom. The van der Waals surface area contributed by atoms with E-state index in [1.165, 1.54) is 12.1 Å². The van der Waals surface area contributed by atoms with E-state index in [1.807, 2.05) is 11.8 Å². The highest BCUT2D eigenvalue weighted by Crippen LogP contribution is 2.32. The van der Waals surface area contributed by atoms with Gasteiger partial charge in [0, 0.05) is 12.1 Å². The van der Waals surface area contributed by atoms with Crippen LogP contribution in [0, 0.1) is 0 Å². The van der Waals surface area contributed by atoms with Gasteiger partial charge in [-0.1, -0.05) is 19.1 Å². The first-order valence-corrected chi connectivity index (χ1v) is 7.44. The lowest BCUT2D eigenvalue weighted by Crippen LogP contribution is -2.27. The lowest BCUT2D eigenvalue weighted by molar-refractivity contribution is -0.137. The summed E-state index contributed by atoms with van der Waals surface area (Å²) in [5, 5.41) is 9.20. The summed E-state index contributed by atoms with van der Waals surface area (Å²) in [6, 6.07) is 6.04. The van der Waals surface area contributed by atoms with Crippen molar-refractivity contribution in [1.82, 2.24) is 4.90 Å². The van der Waals surface area contributed by atoms with Gasteiger partial charge < -0.3 is 9.52 Å². The molecular formula is C17H18F3NO3. The Balaban J connectivity index is 2.23. The average molecular weight is 341 g/mol. The molecule has 1 atom stereocenters. The number of hydrogen-bond donors (Lipinski definition) is 1. The number of nitrogens with zero attached hydrogens (tertiary/aromatic N) is 1. The molecule has 7 heteroatoms. The number of halogens is 3. The Morgan fingerprint density at radius 3 is 2.58 bits per heavy atom. The zero-order chi connectivity index (χ0) is 17.9. The molecule has 2 aromatic rings. The van der Waals surface area contributed by atoms with Gasteiger partial charge in [-0.05, 0) is 31.2 Å².